The van der Waals surface area contributed by atoms with Crippen LogP contribution in [0.2, 0.25) is 10.0 Å². The minimum Gasteiger partial charge on any atom is -0.462 e. The maximum Gasteiger partial charge on any atom is 0.215 e. The van der Waals surface area contributed by atoms with Crippen LogP contribution in [-0.4, -0.2) is 23.6 Å². The second kappa shape index (κ2) is 7.68. The molecular weight excluding hydrogens is 379 g/mol. The van der Waals surface area contributed by atoms with E-state index >= 15 is 0 Å². The van der Waals surface area contributed by atoms with E-state index in [0.29, 0.717) is 32.8 Å². The van der Waals surface area contributed by atoms with Crippen LogP contribution in [0, 0.1) is 0 Å². The number of benzene rings is 1. The van der Waals surface area contributed by atoms with Crippen molar-refractivity contribution in [2.45, 2.75) is 17.9 Å². The number of Topliss-reactive ketones (excluding diaryl/α,β-unsaturated/α-hetero) is 1. The summed E-state index contributed by atoms with van der Waals surface area (Å²) >= 11 is 13.7. The van der Waals surface area contributed by atoms with Crippen molar-refractivity contribution in [1.82, 2.24) is 10.3 Å². The standard InChI is InChI=1S/C18H16Cl2N2O2S/c1-3-25-11-6-7-22-14(9-11)15-16(23)17(24-18(15)21-2)10-4-5-12(19)13(20)8-10/h4-9,17,21H,3H2,1-2H3/t17-/m1/s1. The number of nitrogens with zero attached hydrogens (tertiary/aromatic N) is 1. The van der Waals surface area contributed by atoms with Gasteiger partial charge in [0.2, 0.25) is 11.7 Å². The molecule has 2 aromatic rings. The van der Waals surface area contributed by atoms with Gasteiger partial charge in [0.15, 0.2) is 6.10 Å². The van der Waals surface area contributed by atoms with Gasteiger partial charge in [-0.2, -0.15) is 0 Å². The first-order valence-electron chi connectivity index (χ1n) is 7.72. The highest BCUT2D eigenvalue weighted by Crippen LogP contribution is 2.38. The second-order valence-corrected chi connectivity index (χ2v) is 7.45. The van der Waals surface area contributed by atoms with Gasteiger partial charge in [-0.25, -0.2) is 0 Å². The van der Waals surface area contributed by atoms with Crippen molar-refractivity contribution >= 4 is 46.3 Å². The predicted molar refractivity (Wildman–Crippen MR) is 102 cm³/mol. The molecule has 7 heteroatoms. The Morgan fingerprint density at radius 2 is 2.04 bits per heavy atom. The molecule has 1 atom stereocenters. The number of pyridine rings is 1. The normalized spacial score (nSPS) is 17.0. The number of halogens is 2. The third kappa shape index (κ3) is 3.64. The molecule has 0 aliphatic carbocycles. The Bertz CT molecular complexity index is 855. The molecule has 3 rings (SSSR count). The molecule has 25 heavy (non-hydrogen) atoms. The molecule has 0 saturated carbocycles. The van der Waals surface area contributed by atoms with E-state index in [4.69, 9.17) is 27.9 Å². The van der Waals surface area contributed by atoms with E-state index in [2.05, 4.69) is 17.2 Å². The molecule has 1 aromatic heterocycles. The van der Waals surface area contributed by atoms with Crippen molar-refractivity contribution in [3.05, 3.63) is 63.7 Å². The fraction of sp³-hybridized carbons (Fsp3) is 0.222. The van der Waals surface area contributed by atoms with Gasteiger partial charge in [-0.15, -0.1) is 11.8 Å². The first-order valence-corrected chi connectivity index (χ1v) is 9.46. The minimum atomic E-state index is -0.767. The molecule has 0 radical (unpaired) electrons. The summed E-state index contributed by atoms with van der Waals surface area (Å²) in [6, 6.07) is 8.88. The molecule has 1 aliphatic rings. The molecule has 0 fully saturated rings. The Morgan fingerprint density at radius 3 is 2.72 bits per heavy atom. The van der Waals surface area contributed by atoms with Crippen LogP contribution in [0.15, 0.2) is 47.3 Å². The van der Waals surface area contributed by atoms with E-state index in [1.54, 1.807) is 43.2 Å². The van der Waals surface area contributed by atoms with Gasteiger partial charge >= 0.3 is 0 Å². The molecule has 1 aromatic carbocycles. The summed E-state index contributed by atoms with van der Waals surface area (Å²) in [5.74, 6) is 1.19. The lowest BCUT2D eigenvalue weighted by atomic mass is 10.00. The molecule has 1 N–H and O–H groups in total. The zero-order valence-electron chi connectivity index (χ0n) is 13.7. The summed E-state index contributed by atoms with van der Waals surface area (Å²) < 4.78 is 5.84. The van der Waals surface area contributed by atoms with Crippen LogP contribution in [0.3, 0.4) is 0 Å². The number of hydrogen-bond acceptors (Lipinski definition) is 5. The number of hydrogen-bond donors (Lipinski definition) is 1. The maximum absolute atomic E-state index is 13.0. The molecule has 0 saturated heterocycles. The van der Waals surface area contributed by atoms with Crippen LogP contribution in [0.5, 0.6) is 0 Å². The molecule has 130 valence electrons. The highest BCUT2D eigenvalue weighted by Gasteiger charge is 2.37. The lowest BCUT2D eigenvalue weighted by Crippen LogP contribution is -2.10. The third-order valence-corrected chi connectivity index (χ3v) is 5.33. The first kappa shape index (κ1) is 18.1. The van der Waals surface area contributed by atoms with Crippen molar-refractivity contribution in [3.8, 4) is 0 Å². The van der Waals surface area contributed by atoms with E-state index in [0.717, 1.165) is 10.6 Å². The fourth-order valence-corrected chi connectivity index (χ4v) is 3.59. The predicted octanol–water partition coefficient (Wildman–Crippen LogP) is 4.73. The van der Waals surface area contributed by atoms with Gasteiger partial charge in [-0.3, -0.25) is 9.78 Å². The van der Waals surface area contributed by atoms with E-state index in [9.17, 15) is 4.79 Å². The third-order valence-electron chi connectivity index (χ3n) is 3.72. The zero-order chi connectivity index (χ0) is 18.0. The summed E-state index contributed by atoms with van der Waals surface area (Å²) in [4.78, 5) is 18.4. The largest absolute Gasteiger partial charge is 0.462 e. The van der Waals surface area contributed by atoms with Gasteiger partial charge in [0.25, 0.3) is 0 Å². The van der Waals surface area contributed by atoms with E-state index < -0.39 is 6.10 Å². The lowest BCUT2D eigenvalue weighted by Gasteiger charge is -2.12. The van der Waals surface area contributed by atoms with Crippen LogP contribution in [0.4, 0.5) is 0 Å². The van der Waals surface area contributed by atoms with Gasteiger partial charge in [0.1, 0.15) is 5.57 Å². The SMILES string of the molecule is CCSc1ccnc(C2=C(NC)O[C@H](c3ccc(Cl)c(Cl)c3)C2=O)c1. The topological polar surface area (TPSA) is 51.2 Å². The van der Waals surface area contributed by atoms with Gasteiger partial charge in [0, 0.05) is 23.7 Å². The van der Waals surface area contributed by atoms with Crippen LogP contribution >= 0.6 is 35.0 Å². The minimum absolute atomic E-state index is 0.158. The Morgan fingerprint density at radius 1 is 1.24 bits per heavy atom. The number of rotatable bonds is 5. The van der Waals surface area contributed by atoms with Crippen molar-refractivity contribution in [3.63, 3.8) is 0 Å². The number of aromatic nitrogens is 1. The number of carbonyl (C=O) groups is 1. The molecule has 0 spiro atoms. The summed E-state index contributed by atoms with van der Waals surface area (Å²) in [5.41, 5.74) is 1.69. The van der Waals surface area contributed by atoms with Gasteiger partial charge in [-0.05, 0) is 30.0 Å². The maximum atomic E-state index is 13.0. The van der Waals surface area contributed by atoms with Crippen molar-refractivity contribution < 1.29 is 9.53 Å². The Hall–Kier alpha value is -1.69. The van der Waals surface area contributed by atoms with Crippen LogP contribution < -0.4 is 5.32 Å². The molecular formula is C18H16Cl2N2O2S. The Labute approximate surface area is 160 Å². The van der Waals surface area contributed by atoms with Crippen molar-refractivity contribution in [2.75, 3.05) is 12.8 Å². The highest BCUT2D eigenvalue weighted by molar-refractivity contribution is 7.99. The van der Waals surface area contributed by atoms with Gasteiger partial charge < -0.3 is 10.1 Å². The molecule has 1 aliphatic heterocycles. The fourth-order valence-electron chi connectivity index (χ4n) is 2.60. The number of ether oxygens (including phenoxy) is 1. The van der Waals surface area contributed by atoms with Crippen molar-refractivity contribution in [2.24, 2.45) is 0 Å². The molecule has 4 nitrogen and oxygen atoms in total. The van der Waals surface area contributed by atoms with Gasteiger partial charge in [-0.1, -0.05) is 36.2 Å². The van der Waals surface area contributed by atoms with Crippen LogP contribution in [-0.2, 0) is 9.53 Å². The second-order valence-electron chi connectivity index (χ2n) is 5.30. The first-order chi connectivity index (χ1) is 12.0. The highest BCUT2D eigenvalue weighted by atomic mass is 35.5. The number of ketones is 1. The smallest absolute Gasteiger partial charge is 0.215 e. The number of thioether (sulfide) groups is 1. The lowest BCUT2D eigenvalue weighted by molar-refractivity contribution is -0.120. The number of carbonyl (C=O) groups excluding carboxylic acids is 1. The summed E-state index contributed by atoms with van der Waals surface area (Å²) in [7, 11) is 1.71. The van der Waals surface area contributed by atoms with E-state index in [1.165, 1.54) is 0 Å². The van der Waals surface area contributed by atoms with Crippen LogP contribution in [0.1, 0.15) is 24.3 Å². The summed E-state index contributed by atoms with van der Waals surface area (Å²) in [5, 5.41) is 3.77. The molecule has 0 bridgehead atoms. The zero-order valence-corrected chi connectivity index (χ0v) is 16.0. The summed E-state index contributed by atoms with van der Waals surface area (Å²) in [6.07, 6.45) is 0.935. The number of nitrogens with one attached hydrogen (secondary N) is 1. The quantitative estimate of drug-likeness (QED) is 0.742. The van der Waals surface area contributed by atoms with Gasteiger partial charge in [0.05, 0.1) is 15.7 Å². The summed E-state index contributed by atoms with van der Waals surface area (Å²) in [6.45, 7) is 2.08. The molecule has 2 heterocycles. The average Bonchev–Trinajstić information content (AvgIpc) is 2.94. The Balaban J connectivity index is 1.97. The average molecular weight is 395 g/mol. The molecule has 0 amide bonds. The monoisotopic (exact) mass is 394 g/mol. The van der Waals surface area contributed by atoms with E-state index in [1.807, 2.05) is 12.1 Å². The van der Waals surface area contributed by atoms with Crippen LogP contribution in [0.25, 0.3) is 5.57 Å². The molecule has 0 unspecified atom stereocenters. The van der Waals surface area contributed by atoms with E-state index in [-0.39, 0.29) is 5.78 Å². The Kier molecular flexibility index (Phi) is 5.57. The van der Waals surface area contributed by atoms with Crippen molar-refractivity contribution in [1.29, 1.82) is 0 Å².